The van der Waals surface area contributed by atoms with E-state index in [0.717, 1.165) is 17.7 Å². The molecule has 0 aromatic heterocycles. The highest BCUT2D eigenvalue weighted by Crippen LogP contribution is 2.41. The first-order valence-corrected chi connectivity index (χ1v) is 8.17. The molecule has 0 aliphatic carbocycles. The van der Waals surface area contributed by atoms with Crippen LogP contribution in [0.4, 0.5) is 0 Å². The van der Waals surface area contributed by atoms with Crippen LogP contribution in [0.1, 0.15) is 47.5 Å². The Morgan fingerprint density at radius 2 is 2.00 bits per heavy atom. The fourth-order valence-electron chi connectivity index (χ4n) is 2.90. The molecule has 1 aliphatic rings. The smallest absolute Gasteiger partial charge is 0.309 e. The largest absolute Gasteiger partial charge is 0.481 e. The summed E-state index contributed by atoms with van der Waals surface area (Å²) in [6.45, 7) is 9.01. The summed E-state index contributed by atoms with van der Waals surface area (Å²) in [5, 5.41) is 9.31. The van der Waals surface area contributed by atoms with Crippen molar-refractivity contribution >= 4 is 17.2 Å². The van der Waals surface area contributed by atoms with Crippen molar-refractivity contribution in [3.05, 3.63) is 23.4 Å². The molecule has 1 saturated heterocycles. The van der Waals surface area contributed by atoms with E-state index in [4.69, 9.17) is 0 Å². The molecule has 1 heterocycles. The molecule has 3 atom stereocenters. The van der Waals surface area contributed by atoms with E-state index in [0.29, 0.717) is 6.42 Å². The van der Waals surface area contributed by atoms with Gasteiger partial charge in [-0.1, -0.05) is 12.2 Å². The summed E-state index contributed by atoms with van der Waals surface area (Å²) in [6.07, 6.45) is 4.95. The number of hydrogen-bond acceptors (Lipinski definition) is 2. The van der Waals surface area contributed by atoms with Gasteiger partial charge in [-0.25, -0.2) is 4.21 Å². The van der Waals surface area contributed by atoms with Crippen molar-refractivity contribution in [3.63, 3.8) is 0 Å². The minimum Gasteiger partial charge on any atom is -0.481 e. The van der Waals surface area contributed by atoms with E-state index < -0.39 is 22.7 Å². The lowest BCUT2D eigenvalue weighted by Gasteiger charge is -2.43. The van der Waals surface area contributed by atoms with Crippen LogP contribution in [0.25, 0.3) is 0 Å². The summed E-state index contributed by atoms with van der Waals surface area (Å²) in [6, 6.07) is -0.190. The lowest BCUT2D eigenvalue weighted by atomic mass is 9.75. The molecule has 5 nitrogen and oxygen atoms in total. The van der Waals surface area contributed by atoms with Crippen LogP contribution in [0.5, 0.6) is 0 Å². The molecule has 2 N–H and O–H groups in total. The Bertz CT molecular complexity index is 496. The maximum absolute atomic E-state index is 11.7. The standard InChI is InChI=1S/C15H25NO4S/c1-6-11-8-12(9-15(4,5)14(17)18)10(3)16(21(19)20)13(11)7-2/h6-7,10,12H,8-9H2,1-5H3,(H,17,18)(H,19,20)/b11-6-,13-7+/t10-,12+/m1/s1. The quantitative estimate of drug-likeness (QED) is 0.781. The second-order valence-corrected chi connectivity index (χ2v) is 7.00. The van der Waals surface area contributed by atoms with E-state index >= 15 is 0 Å². The third-order valence-corrected chi connectivity index (χ3v) is 5.11. The van der Waals surface area contributed by atoms with Crippen LogP contribution in [0, 0.1) is 11.3 Å². The molecule has 0 amide bonds. The molecule has 0 aromatic carbocycles. The Hall–Kier alpha value is -1.14. The van der Waals surface area contributed by atoms with Crippen LogP contribution in [-0.2, 0) is 16.1 Å². The van der Waals surface area contributed by atoms with E-state index in [9.17, 15) is 18.7 Å². The second-order valence-electron chi connectivity index (χ2n) is 6.14. The Morgan fingerprint density at radius 1 is 1.43 bits per heavy atom. The summed E-state index contributed by atoms with van der Waals surface area (Å²) in [4.78, 5) is 11.3. The molecular formula is C15H25NO4S. The minimum atomic E-state index is -2.12. The van der Waals surface area contributed by atoms with Crippen molar-refractivity contribution in [2.24, 2.45) is 11.3 Å². The number of carboxylic acids is 1. The van der Waals surface area contributed by atoms with E-state index in [-0.39, 0.29) is 12.0 Å². The van der Waals surface area contributed by atoms with Crippen molar-refractivity contribution in [3.8, 4) is 0 Å². The van der Waals surface area contributed by atoms with E-state index in [1.807, 2.05) is 32.9 Å². The average molecular weight is 315 g/mol. The summed E-state index contributed by atoms with van der Waals surface area (Å²) in [5.74, 6) is -0.827. The molecule has 0 radical (unpaired) electrons. The van der Waals surface area contributed by atoms with Crippen molar-refractivity contribution in [2.75, 3.05) is 0 Å². The number of piperidine rings is 1. The third-order valence-electron chi connectivity index (χ3n) is 4.24. The van der Waals surface area contributed by atoms with E-state index in [1.54, 1.807) is 13.8 Å². The molecule has 0 saturated carbocycles. The number of carbonyl (C=O) groups is 1. The molecule has 0 aromatic rings. The summed E-state index contributed by atoms with van der Waals surface area (Å²) < 4.78 is 22.8. The van der Waals surface area contributed by atoms with Crippen LogP contribution < -0.4 is 0 Å². The zero-order chi connectivity index (χ0) is 16.4. The number of hydrogen-bond donors (Lipinski definition) is 2. The zero-order valence-electron chi connectivity index (χ0n) is 13.3. The number of allylic oxidation sites excluding steroid dienone is 3. The average Bonchev–Trinajstić information content (AvgIpc) is 2.39. The number of aliphatic carboxylic acids is 1. The topological polar surface area (TPSA) is 77.8 Å². The molecule has 21 heavy (non-hydrogen) atoms. The third kappa shape index (κ3) is 3.74. The van der Waals surface area contributed by atoms with Gasteiger partial charge in [0.25, 0.3) is 11.3 Å². The van der Waals surface area contributed by atoms with Gasteiger partial charge < -0.3 is 5.11 Å². The van der Waals surface area contributed by atoms with Gasteiger partial charge in [-0.15, -0.1) is 0 Å². The van der Waals surface area contributed by atoms with Crippen LogP contribution in [-0.4, -0.2) is 30.2 Å². The zero-order valence-corrected chi connectivity index (χ0v) is 14.1. The molecule has 1 unspecified atom stereocenters. The van der Waals surface area contributed by atoms with E-state index in [2.05, 4.69) is 0 Å². The first-order valence-electron chi connectivity index (χ1n) is 7.11. The monoisotopic (exact) mass is 315 g/mol. The Morgan fingerprint density at radius 3 is 2.38 bits per heavy atom. The number of nitrogens with zero attached hydrogens (tertiary/aromatic N) is 1. The molecule has 0 bridgehead atoms. The van der Waals surface area contributed by atoms with Crippen LogP contribution in [0.15, 0.2) is 23.4 Å². The number of rotatable bonds is 4. The SMILES string of the molecule is C/C=C1/C[C@@H](CC(C)(C)C(=O)O)[C@@H](C)N(S(=O)O)/C1=C/C. The van der Waals surface area contributed by atoms with Gasteiger partial charge in [0, 0.05) is 6.04 Å². The molecule has 6 heteroatoms. The van der Waals surface area contributed by atoms with Gasteiger partial charge in [0.1, 0.15) is 0 Å². The van der Waals surface area contributed by atoms with Gasteiger partial charge >= 0.3 is 5.97 Å². The van der Waals surface area contributed by atoms with Gasteiger partial charge in [-0.05, 0) is 59.0 Å². The van der Waals surface area contributed by atoms with Crippen molar-refractivity contribution in [1.29, 1.82) is 0 Å². The summed E-state index contributed by atoms with van der Waals surface area (Å²) in [7, 11) is 0. The highest BCUT2D eigenvalue weighted by molar-refractivity contribution is 7.76. The van der Waals surface area contributed by atoms with Crippen molar-refractivity contribution in [2.45, 2.75) is 53.5 Å². The predicted molar refractivity (Wildman–Crippen MR) is 83.7 cm³/mol. The van der Waals surface area contributed by atoms with Gasteiger partial charge in [0.15, 0.2) is 0 Å². The predicted octanol–water partition coefficient (Wildman–Crippen LogP) is 3.18. The molecule has 0 spiro atoms. The second kappa shape index (κ2) is 6.75. The first kappa shape index (κ1) is 17.9. The van der Waals surface area contributed by atoms with Crippen molar-refractivity contribution in [1.82, 2.24) is 4.31 Å². The first-order chi connectivity index (χ1) is 9.65. The van der Waals surface area contributed by atoms with Gasteiger partial charge in [-0.2, -0.15) is 0 Å². The Balaban J connectivity index is 3.14. The Labute approximate surface area is 129 Å². The fourth-order valence-corrected chi connectivity index (χ4v) is 3.75. The van der Waals surface area contributed by atoms with Crippen LogP contribution in [0.3, 0.4) is 0 Å². The van der Waals surface area contributed by atoms with Crippen molar-refractivity contribution < 1.29 is 18.7 Å². The molecule has 1 rings (SSSR count). The minimum absolute atomic E-state index is 0.0158. The van der Waals surface area contributed by atoms with Crippen LogP contribution >= 0.6 is 0 Å². The van der Waals surface area contributed by atoms with Crippen LogP contribution in [0.2, 0.25) is 0 Å². The highest BCUT2D eigenvalue weighted by atomic mass is 32.2. The highest BCUT2D eigenvalue weighted by Gasteiger charge is 2.40. The van der Waals surface area contributed by atoms with Gasteiger partial charge in [0.2, 0.25) is 0 Å². The van der Waals surface area contributed by atoms with Gasteiger partial charge in [0.05, 0.1) is 11.1 Å². The fraction of sp³-hybridized carbons (Fsp3) is 0.667. The molecular weight excluding hydrogens is 290 g/mol. The van der Waals surface area contributed by atoms with E-state index in [1.165, 1.54) is 4.31 Å². The summed E-state index contributed by atoms with van der Waals surface area (Å²) in [5.41, 5.74) is 0.896. The normalized spacial score (nSPS) is 29.0. The lowest BCUT2D eigenvalue weighted by Crippen LogP contribution is -2.45. The molecule has 120 valence electrons. The molecule has 1 aliphatic heterocycles. The van der Waals surface area contributed by atoms with Gasteiger partial charge in [-0.3, -0.25) is 13.7 Å². The maximum Gasteiger partial charge on any atom is 0.309 e. The summed E-state index contributed by atoms with van der Waals surface area (Å²) >= 11 is -2.12. The molecule has 1 fully saturated rings. The maximum atomic E-state index is 11.7. The Kier molecular flexibility index (Phi) is 5.75. The number of carboxylic acid groups (broad SMARTS) is 1. The lowest BCUT2D eigenvalue weighted by molar-refractivity contribution is -0.148.